The molecule has 14 heavy (non-hydrogen) atoms. The fourth-order valence-electron chi connectivity index (χ4n) is 1.54. The van der Waals surface area contributed by atoms with Gasteiger partial charge in [0.25, 0.3) is 0 Å². The first-order valence-corrected chi connectivity index (χ1v) is 4.67. The molecule has 82 valence electrons. The van der Waals surface area contributed by atoms with Crippen molar-refractivity contribution >= 4 is 5.97 Å². The summed E-state index contributed by atoms with van der Waals surface area (Å²) in [6, 6.07) is 0. The predicted molar refractivity (Wildman–Crippen MR) is 50.1 cm³/mol. The SMILES string of the molecule is CC(C)(O)CN1CCOC(C(=O)O)C1. The minimum absolute atomic E-state index is 0.347. The Bertz CT molecular complexity index is 211. The molecule has 1 rings (SSSR count). The first-order chi connectivity index (χ1) is 6.38. The molecular weight excluding hydrogens is 186 g/mol. The van der Waals surface area contributed by atoms with E-state index in [4.69, 9.17) is 9.84 Å². The Hall–Kier alpha value is -0.650. The van der Waals surface area contributed by atoms with E-state index in [1.54, 1.807) is 13.8 Å². The summed E-state index contributed by atoms with van der Waals surface area (Å²) in [4.78, 5) is 12.6. The van der Waals surface area contributed by atoms with E-state index in [0.717, 1.165) is 0 Å². The normalized spacial score (nSPS) is 24.9. The van der Waals surface area contributed by atoms with Crippen LogP contribution in [0.2, 0.25) is 0 Å². The number of aliphatic carboxylic acids is 1. The Morgan fingerprint density at radius 1 is 1.64 bits per heavy atom. The second-order valence-electron chi connectivity index (χ2n) is 4.25. The minimum atomic E-state index is -0.939. The molecule has 2 N–H and O–H groups in total. The van der Waals surface area contributed by atoms with Crippen LogP contribution in [0.1, 0.15) is 13.8 Å². The first-order valence-electron chi connectivity index (χ1n) is 4.67. The summed E-state index contributed by atoms with van der Waals surface area (Å²) in [6.07, 6.45) is -0.758. The van der Waals surface area contributed by atoms with Crippen LogP contribution in [0.4, 0.5) is 0 Å². The third kappa shape index (κ3) is 3.61. The zero-order valence-electron chi connectivity index (χ0n) is 8.56. The molecule has 1 aliphatic rings. The lowest BCUT2D eigenvalue weighted by Crippen LogP contribution is -2.50. The van der Waals surface area contributed by atoms with E-state index >= 15 is 0 Å². The van der Waals surface area contributed by atoms with Crippen molar-refractivity contribution in [2.75, 3.05) is 26.2 Å². The number of β-amino-alcohol motifs (C(OH)–C–C–N with tert-alkyl or cyclic N) is 1. The van der Waals surface area contributed by atoms with E-state index in [9.17, 15) is 9.90 Å². The summed E-state index contributed by atoms with van der Waals surface area (Å²) in [7, 11) is 0. The maximum Gasteiger partial charge on any atom is 0.334 e. The molecule has 0 radical (unpaired) electrons. The number of carboxylic acids is 1. The van der Waals surface area contributed by atoms with Crippen LogP contribution < -0.4 is 0 Å². The van der Waals surface area contributed by atoms with Crippen molar-refractivity contribution in [1.29, 1.82) is 0 Å². The molecule has 1 heterocycles. The van der Waals surface area contributed by atoms with Gasteiger partial charge in [0.05, 0.1) is 12.2 Å². The Morgan fingerprint density at radius 3 is 2.79 bits per heavy atom. The number of nitrogens with zero attached hydrogens (tertiary/aromatic N) is 1. The molecule has 1 saturated heterocycles. The Labute approximate surface area is 83.3 Å². The highest BCUT2D eigenvalue weighted by Gasteiger charge is 2.28. The molecule has 0 aromatic rings. The molecular formula is C9H17NO4. The largest absolute Gasteiger partial charge is 0.479 e. The summed E-state index contributed by atoms with van der Waals surface area (Å²) >= 11 is 0. The van der Waals surface area contributed by atoms with Gasteiger partial charge in [-0.05, 0) is 13.8 Å². The van der Waals surface area contributed by atoms with Crippen LogP contribution >= 0.6 is 0 Å². The molecule has 1 fully saturated rings. The zero-order valence-corrected chi connectivity index (χ0v) is 8.56. The van der Waals surface area contributed by atoms with Crippen LogP contribution in [-0.4, -0.2) is 59.0 Å². The second kappa shape index (κ2) is 4.25. The Kier molecular flexibility index (Phi) is 3.47. The van der Waals surface area contributed by atoms with Crippen molar-refractivity contribution in [3.8, 4) is 0 Å². The van der Waals surface area contributed by atoms with Crippen LogP contribution in [0.15, 0.2) is 0 Å². The van der Waals surface area contributed by atoms with E-state index in [1.165, 1.54) is 0 Å². The van der Waals surface area contributed by atoms with Crippen LogP contribution in [0.25, 0.3) is 0 Å². The summed E-state index contributed by atoms with van der Waals surface area (Å²) in [6.45, 7) is 5.32. The number of ether oxygens (including phenoxy) is 1. The lowest BCUT2D eigenvalue weighted by atomic mass is 10.1. The third-order valence-corrected chi connectivity index (χ3v) is 2.04. The molecule has 0 aliphatic carbocycles. The Morgan fingerprint density at radius 2 is 2.29 bits per heavy atom. The monoisotopic (exact) mass is 203 g/mol. The maximum absolute atomic E-state index is 10.7. The van der Waals surface area contributed by atoms with E-state index in [0.29, 0.717) is 26.2 Å². The van der Waals surface area contributed by atoms with Crippen molar-refractivity contribution < 1.29 is 19.7 Å². The van der Waals surface area contributed by atoms with Gasteiger partial charge in [0.2, 0.25) is 0 Å². The fourth-order valence-corrected chi connectivity index (χ4v) is 1.54. The lowest BCUT2D eigenvalue weighted by molar-refractivity contribution is -0.157. The van der Waals surface area contributed by atoms with Crippen molar-refractivity contribution in [3.63, 3.8) is 0 Å². The molecule has 0 saturated carbocycles. The molecule has 1 unspecified atom stereocenters. The van der Waals surface area contributed by atoms with Gasteiger partial charge < -0.3 is 14.9 Å². The smallest absolute Gasteiger partial charge is 0.334 e. The molecule has 0 amide bonds. The molecule has 1 aliphatic heterocycles. The zero-order chi connectivity index (χ0) is 10.8. The summed E-state index contributed by atoms with van der Waals surface area (Å²) in [5.74, 6) is -0.939. The van der Waals surface area contributed by atoms with Gasteiger partial charge in [0.1, 0.15) is 0 Å². The highest BCUT2D eigenvalue weighted by atomic mass is 16.5. The van der Waals surface area contributed by atoms with E-state index < -0.39 is 17.7 Å². The predicted octanol–water partition coefficient (Wildman–Crippen LogP) is -0.457. The molecule has 0 spiro atoms. The molecule has 5 heteroatoms. The van der Waals surface area contributed by atoms with Gasteiger partial charge in [0.15, 0.2) is 6.10 Å². The van der Waals surface area contributed by atoms with Crippen molar-refractivity contribution in [2.45, 2.75) is 25.6 Å². The third-order valence-electron chi connectivity index (χ3n) is 2.04. The lowest BCUT2D eigenvalue weighted by Gasteiger charge is -2.34. The van der Waals surface area contributed by atoms with Crippen LogP contribution in [-0.2, 0) is 9.53 Å². The molecule has 0 aromatic heterocycles. The Balaban J connectivity index is 2.44. The number of hydrogen-bond donors (Lipinski definition) is 2. The van der Waals surface area contributed by atoms with Crippen LogP contribution in [0.3, 0.4) is 0 Å². The highest BCUT2D eigenvalue weighted by Crippen LogP contribution is 2.10. The molecule has 0 aromatic carbocycles. The van der Waals surface area contributed by atoms with Crippen LogP contribution in [0.5, 0.6) is 0 Å². The standard InChI is InChI=1S/C9H17NO4/c1-9(2,13)6-10-3-4-14-7(5-10)8(11)12/h7,13H,3-6H2,1-2H3,(H,11,12). The summed E-state index contributed by atoms with van der Waals surface area (Å²) in [5, 5.41) is 18.3. The van der Waals surface area contributed by atoms with Gasteiger partial charge in [0, 0.05) is 19.6 Å². The number of hydrogen-bond acceptors (Lipinski definition) is 4. The van der Waals surface area contributed by atoms with E-state index in [-0.39, 0.29) is 0 Å². The maximum atomic E-state index is 10.7. The average Bonchev–Trinajstić information content (AvgIpc) is 2.01. The number of aliphatic hydroxyl groups is 1. The van der Waals surface area contributed by atoms with Gasteiger partial charge in [-0.2, -0.15) is 0 Å². The highest BCUT2D eigenvalue weighted by molar-refractivity contribution is 5.72. The molecule has 0 bridgehead atoms. The summed E-state index contributed by atoms with van der Waals surface area (Å²) in [5.41, 5.74) is -0.791. The van der Waals surface area contributed by atoms with Gasteiger partial charge >= 0.3 is 5.97 Å². The van der Waals surface area contributed by atoms with Crippen molar-refractivity contribution in [3.05, 3.63) is 0 Å². The molecule has 1 atom stereocenters. The average molecular weight is 203 g/mol. The van der Waals surface area contributed by atoms with Gasteiger partial charge in [-0.25, -0.2) is 4.79 Å². The van der Waals surface area contributed by atoms with E-state index in [1.807, 2.05) is 4.90 Å². The molecule has 5 nitrogen and oxygen atoms in total. The minimum Gasteiger partial charge on any atom is -0.479 e. The van der Waals surface area contributed by atoms with Gasteiger partial charge in [-0.1, -0.05) is 0 Å². The van der Waals surface area contributed by atoms with Gasteiger partial charge in [-0.15, -0.1) is 0 Å². The first kappa shape index (κ1) is 11.4. The van der Waals surface area contributed by atoms with Crippen molar-refractivity contribution in [2.24, 2.45) is 0 Å². The quantitative estimate of drug-likeness (QED) is 0.649. The second-order valence-corrected chi connectivity index (χ2v) is 4.25. The number of carbonyl (C=O) groups is 1. The van der Waals surface area contributed by atoms with Crippen LogP contribution in [0, 0.1) is 0 Å². The summed E-state index contributed by atoms with van der Waals surface area (Å²) < 4.78 is 5.06. The number of morpholine rings is 1. The van der Waals surface area contributed by atoms with Gasteiger partial charge in [-0.3, -0.25) is 4.90 Å². The topological polar surface area (TPSA) is 70.0 Å². The fraction of sp³-hybridized carbons (Fsp3) is 0.889. The number of carboxylic acid groups (broad SMARTS) is 1. The van der Waals surface area contributed by atoms with Crippen molar-refractivity contribution in [1.82, 2.24) is 4.90 Å². The van der Waals surface area contributed by atoms with E-state index in [2.05, 4.69) is 0 Å². The number of rotatable bonds is 3.